The van der Waals surface area contributed by atoms with Crippen molar-refractivity contribution in [2.75, 3.05) is 0 Å². The normalized spacial score (nSPS) is 27.2. The number of nitrogens with zero attached hydrogens (tertiary/aromatic N) is 1. The number of halogens is 1. The van der Waals surface area contributed by atoms with E-state index in [1.54, 1.807) is 23.9 Å². The Hall–Kier alpha value is -2.29. The molecular weight excluding hydrogens is 480 g/mol. The van der Waals surface area contributed by atoms with Crippen molar-refractivity contribution in [3.8, 4) is 5.75 Å². The summed E-state index contributed by atoms with van der Waals surface area (Å²) >= 11 is 9.35. The lowest BCUT2D eigenvalue weighted by molar-refractivity contribution is -0.385. The molecule has 0 saturated heterocycles. The van der Waals surface area contributed by atoms with Gasteiger partial charge in [0.1, 0.15) is 12.4 Å². The molecule has 1 aromatic heterocycles. The van der Waals surface area contributed by atoms with Crippen LogP contribution in [0.15, 0.2) is 52.3 Å². The van der Waals surface area contributed by atoms with Crippen LogP contribution in [-0.4, -0.2) is 15.2 Å². The van der Waals surface area contributed by atoms with Crippen LogP contribution in [0, 0.1) is 27.9 Å². The summed E-state index contributed by atoms with van der Waals surface area (Å²) < 4.78 is 6.24. The summed E-state index contributed by atoms with van der Waals surface area (Å²) in [7, 11) is 0. The number of H-pyrrole nitrogens is 1. The fourth-order valence-electron chi connectivity index (χ4n) is 5.99. The van der Waals surface area contributed by atoms with Crippen LogP contribution < -0.4 is 9.61 Å². The topological polar surface area (TPSA) is 85.2 Å². The summed E-state index contributed by atoms with van der Waals surface area (Å²) in [5.74, 6) is 2.07. The highest BCUT2D eigenvalue weighted by Crippen LogP contribution is 2.64. The van der Waals surface area contributed by atoms with Crippen molar-refractivity contribution in [3.05, 3.63) is 83.3 Å². The third-order valence-corrected chi connectivity index (χ3v) is 10.3. The lowest BCUT2D eigenvalue weighted by atomic mass is 9.74. The van der Waals surface area contributed by atoms with Crippen molar-refractivity contribution in [1.29, 1.82) is 0 Å². The zero-order chi connectivity index (χ0) is 22.7. The van der Waals surface area contributed by atoms with Gasteiger partial charge in [-0.2, -0.15) is 0 Å². The van der Waals surface area contributed by atoms with E-state index in [9.17, 15) is 14.9 Å². The molecule has 9 heteroatoms. The maximum atomic E-state index is 12.3. The minimum absolute atomic E-state index is 0.0393. The van der Waals surface area contributed by atoms with Crippen molar-refractivity contribution < 1.29 is 9.66 Å². The van der Waals surface area contributed by atoms with E-state index in [0.29, 0.717) is 33.8 Å². The fraction of sp³-hybridized carbons (Fsp3) is 0.375. The van der Waals surface area contributed by atoms with Crippen LogP contribution in [0.4, 0.5) is 5.69 Å². The number of aromatic amines is 1. The number of hydrogen-bond acceptors (Lipinski definition) is 6. The molecule has 2 saturated carbocycles. The van der Waals surface area contributed by atoms with Crippen molar-refractivity contribution in [2.45, 2.75) is 42.1 Å². The summed E-state index contributed by atoms with van der Waals surface area (Å²) in [6, 6.07) is 12.3. The number of nitrogens with one attached hydrogen (secondary N) is 1. The van der Waals surface area contributed by atoms with Crippen molar-refractivity contribution >= 4 is 40.4 Å². The Morgan fingerprint density at radius 1 is 1.18 bits per heavy atom. The Morgan fingerprint density at radius 2 is 2.00 bits per heavy atom. The van der Waals surface area contributed by atoms with Gasteiger partial charge in [0.25, 0.3) is 5.69 Å². The Bertz CT molecular complexity index is 1310. The summed E-state index contributed by atoms with van der Waals surface area (Å²) in [4.78, 5) is 27.6. The van der Waals surface area contributed by atoms with E-state index >= 15 is 0 Å². The third-order valence-electron chi connectivity index (χ3n) is 7.35. The lowest BCUT2D eigenvalue weighted by Crippen LogP contribution is -2.33. The maximum Gasteiger partial charge on any atom is 0.305 e. The number of aromatic nitrogens is 1. The molecule has 3 aliphatic rings. The Morgan fingerprint density at radius 3 is 2.82 bits per heavy atom. The quantitative estimate of drug-likeness (QED) is 0.331. The SMILES string of the molecule is O=c1[nH]c2c(s1)[C@@H](c1cc([N+](=O)[O-])ccc1OCc1ccccc1Cl)[C@H]1[C@@H]3CC[C@@H](C3)[C@@H]1S2. The Labute approximate surface area is 203 Å². The highest BCUT2D eigenvalue weighted by Gasteiger charge is 2.55. The molecule has 1 aliphatic heterocycles. The second-order valence-electron chi connectivity index (χ2n) is 9.04. The first-order valence-electron chi connectivity index (χ1n) is 11.0. The fourth-order valence-corrected chi connectivity index (χ4v) is 9.07. The first kappa shape index (κ1) is 21.3. The molecule has 2 aliphatic carbocycles. The third kappa shape index (κ3) is 3.59. The van der Waals surface area contributed by atoms with Crippen molar-refractivity contribution in [3.63, 3.8) is 0 Å². The van der Waals surface area contributed by atoms with Crippen LogP contribution in [0.1, 0.15) is 41.2 Å². The summed E-state index contributed by atoms with van der Waals surface area (Å²) in [5, 5.41) is 13.6. The molecule has 2 fully saturated rings. The van der Waals surface area contributed by atoms with Crippen molar-refractivity contribution in [2.24, 2.45) is 17.8 Å². The molecule has 0 amide bonds. The standard InChI is InChI=1S/C24H21ClN2O4S2/c25-17-4-2-1-3-14(17)11-31-18-8-7-15(27(29)30)10-16(18)20-19-12-5-6-13(9-12)21(19)32-23-22(20)33-24(28)26-23/h1-4,7-8,10,12-13,19-21H,5-6,9,11H2,(H,26,28)/t12-,13+,19-,20+,21+/m1/s1. The molecular formula is C24H21ClN2O4S2. The zero-order valence-corrected chi connectivity index (χ0v) is 19.9. The van der Waals surface area contributed by atoms with Crippen LogP contribution in [-0.2, 0) is 6.61 Å². The molecule has 2 heterocycles. The van der Waals surface area contributed by atoms with Gasteiger partial charge in [-0.1, -0.05) is 41.1 Å². The molecule has 0 unspecified atom stereocenters. The largest absolute Gasteiger partial charge is 0.489 e. The van der Waals surface area contributed by atoms with Crippen LogP contribution in [0.5, 0.6) is 5.75 Å². The highest BCUT2D eigenvalue weighted by atomic mass is 35.5. The number of thioether (sulfide) groups is 1. The van der Waals surface area contributed by atoms with Gasteiger partial charge in [0.05, 0.1) is 9.95 Å². The number of nitro benzene ring substituents is 1. The molecule has 0 spiro atoms. The van der Waals surface area contributed by atoms with E-state index in [4.69, 9.17) is 16.3 Å². The summed E-state index contributed by atoms with van der Waals surface area (Å²) in [6.07, 6.45) is 3.60. The minimum atomic E-state index is -0.363. The van der Waals surface area contributed by atoms with Crippen LogP contribution in [0.25, 0.3) is 0 Å². The number of fused-ring (bicyclic) bond motifs is 6. The van der Waals surface area contributed by atoms with E-state index in [1.165, 1.54) is 36.7 Å². The van der Waals surface area contributed by atoms with Gasteiger partial charge in [-0.05, 0) is 49.1 Å². The van der Waals surface area contributed by atoms with Gasteiger partial charge in [0.2, 0.25) is 0 Å². The number of rotatable bonds is 5. The van der Waals surface area contributed by atoms with Crippen LogP contribution in [0.3, 0.4) is 0 Å². The van der Waals surface area contributed by atoms with Crippen LogP contribution >= 0.6 is 34.7 Å². The monoisotopic (exact) mass is 500 g/mol. The van der Waals surface area contributed by atoms with E-state index in [1.807, 2.05) is 24.3 Å². The highest BCUT2D eigenvalue weighted by molar-refractivity contribution is 8.00. The lowest BCUT2D eigenvalue weighted by Gasteiger charge is -2.40. The summed E-state index contributed by atoms with van der Waals surface area (Å²) in [6.45, 7) is 0.266. The van der Waals surface area contributed by atoms with E-state index in [-0.39, 0.29) is 28.0 Å². The predicted molar refractivity (Wildman–Crippen MR) is 130 cm³/mol. The maximum absolute atomic E-state index is 12.3. The van der Waals surface area contributed by atoms with Gasteiger partial charge < -0.3 is 9.72 Å². The zero-order valence-electron chi connectivity index (χ0n) is 17.5. The average molecular weight is 501 g/mol. The van der Waals surface area contributed by atoms with Gasteiger partial charge in [-0.3, -0.25) is 14.9 Å². The van der Waals surface area contributed by atoms with Gasteiger partial charge in [-0.15, -0.1) is 11.8 Å². The van der Waals surface area contributed by atoms with Crippen LogP contribution in [0.2, 0.25) is 5.02 Å². The number of nitro groups is 1. The Balaban J connectivity index is 1.46. The first-order chi connectivity index (χ1) is 16.0. The van der Waals surface area contributed by atoms with E-state index in [0.717, 1.165) is 21.0 Å². The second kappa shape index (κ2) is 8.18. The molecule has 33 heavy (non-hydrogen) atoms. The van der Waals surface area contributed by atoms with Gasteiger partial charge in [0, 0.05) is 44.3 Å². The summed E-state index contributed by atoms with van der Waals surface area (Å²) in [5.41, 5.74) is 1.69. The molecule has 170 valence electrons. The molecule has 6 rings (SSSR count). The molecule has 5 atom stereocenters. The molecule has 0 radical (unpaired) electrons. The molecule has 3 aromatic rings. The molecule has 2 aromatic carbocycles. The average Bonchev–Trinajstić information content (AvgIpc) is 3.51. The number of ether oxygens (including phenoxy) is 1. The van der Waals surface area contributed by atoms with Gasteiger partial charge in [-0.25, -0.2) is 0 Å². The smallest absolute Gasteiger partial charge is 0.305 e. The number of benzene rings is 2. The molecule has 6 nitrogen and oxygen atoms in total. The first-order valence-corrected chi connectivity index (χ1v) is 13.1. The number of non-ortho nitro benzene ring substituents is 1. The number of thiazole rings is 1. The van der Waals surface area contributed by atoms with Crippen molar-refractivity contribution in [1.82, 2.24) is 4.98 Å². The predicted octanol–water partition coefficient (Wildman–Crippen LogP) is 6.23. The minimum Gasteiger partial charge on any atom is -0.489 e. The van der Waals surface area contributed by atoms with Gasteiger partial charge in [0.15, 0.2) is 0 Å². The second-order valence-corrected chi connectivity index (χ2v) is 11.6. The molecule has 1 N–H and O–H groups in total. The number of hydrogen-bond donors (Lipinski definition) is 1. The Kier molecular flexibility index (Phi) is 5.27. The molecule has 2 bridgehead atoms. The van der Waals surface area contributed by atoms with E-state index < -0.39 is 0 Å². The van der Waals surface area contributed by atoms with Gasteiger partial charge >= 0.3 is 4.87 Å². The van der Waals surface area contributed by atoms with E-state index in [2.05, 4.69) is 4.98 Å².